The predicted octanol–water partition coefficient (Wildman–Crippen LogP) is 3.25. The maximum Gasteiger partial charge on any atom is 0.308 e. The van der Waals surface area contributed by atoms with Gasteiger partial charge in [-0.25, -0.2) is 0 Å². The first-order valence-electron chi connectivity index (χ1n) is 14.8. The van der Waals surface area contributed by atoms with Gasteiger partial charge in [-0.2, -0.15) is 0 Å². The fraction of sp³-hybridized carbons (Fsp3) is 0.806. The van der Waals surface area contributed by atoms with Crippen LogP contribution < -0.4 is 0 Å². The van der Waals surface area contributed by atoms with Crippen LogP contribution in [0.3, 0.4) is 0 Å². The lowest BCUT2D eigenvalue weighted by Gasteiger charge is -2.44. The topological polar surface area (TPSA) is 126 Å². The third-order valence-electron chi connectivity index (χ3n) is 8.48. The molecule has 0 aromatic rings. The molecule has 1 unspecified atom stereocenters. The second-order valence-electron chi connectivity index (χ2n) is 12.2. The van der Waals surface area contributed by atoms with E-state index in [1.165, 1.54) is 0 Å². The molecule has 0 saturated carbocycles. The second kappa shape index (κ2) is 16.1. The van der Waals surface area contributed by atoms with Gasteiger partial charge in [0.25, 0.3) is 0 Å². The first kappa shape index (κ1) is 34.6. The molecule has 9 heteroatoms. The van der Waals surface area contributed by atoms with Gasteiger partial charge < -0.3 is 34.4 Å². The number of hydrogen-bond donors (Lipinski definition) is 3. The number of allylic oxidation sites excluding steroid dienone is 3. The third-order valence-corrected chi connectivity index (χ3v) is 8.48. The SMILES string of the molecule is CC[C@H]1OC(=O)C[C@@H](O)[C@H](C)[C@@H](O[C@@H]2O[C@H](C)C[C@H](N(C)C)[C@H]2O)C(CCO)C[C@@H](C)C(=O)/C=C/C(C)=C/[C@@H]1C. The van der Waals surface area contributed by atoms with Gasteiger partial charge in [0, 0.05) is 30.4 Å². The van der Waals surface area contributed by atoms with Gasteiger partial charge in [0.1, 0.15) is 12.2 Å². The van der Waals surface area contributed by atoms with Crippen molar-refractivity contribution in [2.75, 3.05) is 20.7 Å². The molecule has 2 rings (SSSR count). The summed E-state index contributed by atoms with van der Waals surface area (Å²) in [5, 5.41) is 32.4. The summed E-state index contributed by atoms with van der Waals surface area (Å²) in [6.07, 6.45) is 2.78. The highest BCUT2D eigenvalue weighted by Gasteiger charge is 2.43. The Kier molecular flexibility index (Phi) is 13.9. The molecule has 3 N–H and O–H groups in total. The van der Waals surface area contributed by atoms with Gasteiger partial charge in [-0.1, -0.05) is 45.4 Å². The summed E-state index contributed by atoms with van der Waals surface area (Å²) in [6.45, 7) is 11.2. The summed E-state index contributed by atoms with van der Waals surface area (Å²) in [7, 11) is 3.79. The number of nitrogens with zero attached hydrogens (tertiary/aromatic N) is 1. The Morgan fingerprint density at radius 1 is 1.07 bits per heavy atom. The van der Waals surface area contributed by atoms with Gasteiger partial charge in [0.15, 0.2) is 12.1 Å². The van der Waals surface area contributed by atoms with Crippen molar-refractivity contribution < 1.29 is 39.1 Å². The molecule has 0 amide bonds. The lowest BCUT2D eigenvalue weighted by molar-refractivity contribution is -0.283. The molecule has 2 aliphatic heterocycles. The largest absolute Gasteiger partial charge is 0.462 e. The van der Waals surface area contributed by atoms with Crippen molar-refractivity contribution in [2.24, 2.45) is 23.7 Å². The molecule has 9 nitrogen and oxygen atoms in total. The summed E-state index contributed by atoms with van der Waals surface area (Å²) in [6, 6.07) is -0.193. The normalized spacial score (nSPS) is 41.3. The number of esters is 1. The van der Waals surface area contributed by atoms with E-state index in [0.717, 1.165) is 5.57 Å². The molecule has 2 heterocycles. The Bertz CT molecular complexity index is 873. The molecule has 40 heavy (non-hydrogen) atoms. The van der Waals surface area contributed by atoms with Crippen LogP contribution in [0.1, 0.15) is 73.6 Å². The number of carbonyl (C=O) groups is 2. The number of hydrogen-bond acceptors (Lipinski definition) is 9. The Hall–Kier alpha value is -1.62. The van der Waals surface area contributed by atoms with E-state index in [-0.39, 0.29) is 54.8 Å². The van der Waals surface area contributed by atoms with Crippen LogP contribution in [-0.4, -0.2) is 95.5 Å². The minimum atomic E-state index is -1.11. The number of aliphatic hydroxyl groups is 3. The van der Waals surface area contributed by atoms with Gasteiger partial charge in [-0.15, -0.1) is 0 Å². The molecule has 1 fully saturated rings. The molecule has 230 valence electrons. The number of carbonyl (C=O) groups excluding carboxylic acids is 2. The monoisotopic (exact) mass is 567 g/mol. The molecule has 0 bridgehead atoms. The summed E-state index contributed by atoms with van der Waals surface area (Å²) in [4.78, 5) is 28.0. The van der Waals surface area contributed by atoms with Crippen LogP contribution in [0, 0.1) is 23.7 Å². The van der Waals surface area contributed by atoms with E-state index in [4.69, 9.17) is 14.2 Å². The number of ether oxygens (including phenoxy) is 3. The van der Waals surface area contributed by atoms with Crippen molar-refractivity contribution in [2.45, 2.75) is 116 Å². The van der Waals surface area contributed by atoms with Gasteiger partial charge >= 0.3 is 5.97 Å². The molecule has 1 saturated heterocycles. The van der Waals surface area contributed by atoms with E-state index >= 15 is 0 Å². The Morgan fingerprint density at radius 2 is 1.75 bits per heavy atom. The fourth-order valence-corrected chi connectivity index (χ4v) is 5.94. The molecule has 2 aliphatic rings. The van der Waals surface area contributed by atoms with Gasteiger partial charge in [0.05, 0.1) is 24.7 Å². The van der Waals surface area contributed by atoms with Crippen molar-refractivity contribution in [3.63, 3.8) is 0 Å². The van der Waals surface area contributed by atoms with E-state index in [0.29, 0.717) is 25.7 Å². The highest BCUT2D eigenvalue weighted by Crippen LogP contribution is 2.34. The first-order chi connectivity index (χ1) is 18.8. The van der Waals surface area contributed by atoms with Crippen LogP contribution in [0.2, 0.25) is 0 Å². The minimum absolute atomic E-state index is 0.0453. The summed E-state index contributed by atoms with van der Waals surface area (Å²) in [5.41, 5.74) is 0.893. The summed E-state index contributed by atoms with van der Waals surface area (Å²) in [5.74, 6) is -1.92. The molecule has 0 spiro atoms. The van der Waals surface area contributed by atoms with Gasteiger partial charge in [-0.05, 0) is 65.6 Å². The Morgan fingerprint density at radius 3 is 2.35 bits per heavy atom. The molecule has 11 atom stereocenters. The van der Waals surface area contributed by atoms with Gasteiger partial charge in [0.2, 0.25) is 0 Å². The number of likely N-dealkylation sites (N-methyl/N-ethyl adjacent to an activating group) is 1. The van der Waals surface area contributed by atoms with Crippen molar-refractivity contribution in [1.29, 1.82) is 0 Å². The number of rotatable bonds is 6. The van der Waals surface area contributed by atoms with Crippen molar-refractivity contribution in [3.05, 3.63) is 23.8 Å². The Labute approximate surface area is 240 Å². The van der Waals surface area contributed by atoms with Crippen LogP contribution >= 0.6 is 0 Å². The van der Waals surface area contributed by atoms with Crippen LogP contribution in [0.25, 0.3) is 0 Å². The van der Waals surface area contributed by atoms with Crippen LogP contribution in [0.5, 0.6) is 0 Å². The summed E-state index contributed by atoms with van der Waals surface area (Å²) < 4.78 is 18.3. The zero-order valence-electron chi connectivity index (χ0n) is 25.7. The molecule has 0 aromatic heterocycles. The van der Waals surface area contributed by atoms with E-state index in [9.17, 15) is 24.9 Å². The zero-order valence-corrected chi connectivity index (χ0v) is 25.7. The van der Waals surface area contributed by atoms with E-state index in [1.54, 1.807) is 19.1 Å². The maximum absolute atomic E-state index is 13.1. The van der Waals surface area contributed by atoms with Crippen molar-refractivity contribution >= 4 is 11.8 Å². The molecular weight excluding hydrogens is 514 g/mol. The first-order valence-corrected chi connectivity index (χ1v) is 14.8. The predicted molar refractivity (Wildman–Crippen MR) is 153 cm³/mol. The number of cyclic esters (lactones) is 1. The molecule has 0 radical (unpaired) electrons. The maximum atomic E-state index is 13.1. The molecular formula is C31H53NO8. The third kappa shape index (κ3) is 9.74. The zero-order chi connectivity index (χ0) is 30.1. The highest BCUT2D eigenvalue weighted by molar-refractivity contribution is 5.91. The summed E-state index contributed by atoms with van der Waals surface area (Å²) >= 11 is 0. The molecule has 0 aromatic carbocycles. The highest BCUT2D eigenvalue weighted by atomic mass is 16.7. The van der Waals surface area contributed by atoms with E-state index < -0.39 is 36.5 Å². The number of ketones is 1. The van der Waals surface area contributed by atoms with E-state index in [1.807, 2.05) is 59.7 Å². The van der Waals surface area contributed by atoms with Crippen LogP contribution in [0.4, 0.5) is 0 Å². The van der Waals surface area contributed by atoms with Crippen molar-refractivity contribution in [1.82, 2.24) is 4.90 Å². The van der Waals surface area contributed by atoms with Gasteiger partial charge in [-0.3, -0.25) is 9.59 Å². The smallest absolute Gasteiger partial charge is 0.308 e. The van der Waals surface area contributed by atoms with Crippen LogP contribution in [0.15, 0.2) is 23.8 Å². The van der Waals surface area contributed by atoms with E-state index in [2.05, 4.69) is 0 Å². The lowest BCUT2D eigenvalue weighted by Crippen LogP contribution is -2.56. The minimum Gasteiger partial charge on any atom is -0.462 e. The molecule has 0 aliphatic carbocycles. The second-order valence-corrected chi connectivity index (χ2v) is 12.2. The standard InChI is InChI=1S/C31H53NO8/c1-9-27-20(4)14-18(2)10-11-25(34)19(3)15-23(12-13-33)30(22(6)26(35)17-28(36)39-27)40-31-29(37)24(32(7)8)16-21(5)38-31/h10-11,14,19-24,26-27,29-31,33,35,37H,9,12-13,15-17H2,1-8H3/b11-10+,18-14+/t19-,20+,21-,22+,23?,24+,26-,27-,29-,30-,31+/m1/s1. The lowest BCUT2D eigenvalue weighted by atomic mass is 9.79. The quantitative estimate of drug-likeness (QED) is 0.415. The number of aliphatic hydroxyl groups excluding tert-OH is 3. The average Bonchev–Trinajstić information content (AvgIpc) is 2.88. The fourth-order valence-electron chi connectivity index (χ4n) is 5.94. The van der Waals surface area contributed by atoms with Crippen LogP contribution in [-0.2, 0) is 23.8 Å². The Balaban J connectivity index is 2.47. The average molecular weight is 568 g/mol. The van der Waals surface area contributed by atoms with Crippen molar-refractivity contribution in [3.8, 4) is 0 Å².